The van der Waals surface area contributed by atoms with Crippen LogP contribution < -0.4 is 5.43 Å². The molecule has 0 unspecified atom stereocenters. The molecule has 1 aliphatic rings. The van der Waals surface area contributed by atoms with Crippen molar-refractivity contribution < 1.29 is 0 Å². The summed E-state index contributed by atoms with van der Waals surface area (Å²) in [5.74, 6) is 0. The Kier molecular flexibility index (Phi) is 2.25. The first-order chi connectivity index (χ1) is 4.30. The van der Waals surface area contributed by atoms with Crippen molar-refractivity contribution in [2.75, 3.05) is 13.1 Å². The van der Waals surface area contributed by atoms with E-state index in [2.05, 4.69) is 36.4 Å². The highest BCUT2D eigenvalue weighted by Crippen LogP contribution is 1.96. The second kappa shape index (κ2) is 2.99. The smallest absolute Gasteiger partial charge is 0.0315 e. The summed E-state index contributed by atoms with van der Waals surface area (Å²) >= 11 is 0. The molecule has 2 heteroatoms. The maximum atomic E-state index is 3.27. The molecule has 0 aromatic carbocycles. The minimum Gasteiger partial charge on any atom is -0.251 e. The summed E-state index contributed by atoms with van der Waals surface area (Å²) < 4.78 is 0. The van der Waals surface area contributed by atoms with Gasteiger partial charge in [-0.15, -0.1) is 0 Å². The van der Waals surface area contributed by atoms with Gasteiger partial charge in [-0.2, -0.15) is 0 Å². The molecule has 0 aromatic heterocycles. The molecule has 0 aromatic rings. The van der Waals surface area contributed by atoms with Gasteiger partial charge in [-0.25, -0.2) is 5.01 Å². The molecule has 0 radical (unpaired) electrons. The zero-order valence-corrected chi connectivity index (χ0v) is 6.09. The third-order valence-electron chi connectivity index (χ3n) is 1.50. The van der Waals surface area contributed by atoms with Gasteiger partial charge in [0.05, 0.1) is 0 Å². The van der Waals surface area contributed by atoms with E-state index in [9.17, 15) is 0 Å². The fourth-order valence-electron chi connectivity index (χ4n) is 0.899. The van der Waals surface area contributed by atoms with E-state index < -0.39 is 0 Å². The molecule has 0 saturated carbocycles. The number of hydrogen-bond donors (Lipinski definition) is 1. The molecule has 0 fully saturated rings. The Labute approximate surface area is 56.5 Å². The molecule has 52 valence electrons. The van der Waals surface area contributed by atoms with Crippen molar-refractivity contribution in [3.05, 3.63) is 12.2 Å². The van der Waals surface area contributed by atoms with E-state index >= 15 is 0 Å². The highest BCUT2D eigenvalue weighted by molar-refractivity contribution is 4.90. The molecule has 1 heterocycles. The summed E-state index contributed by atoms with van der Waals surface area (Å²) in [5, 5.41) is 2.22. The Hall–Kier alpha value is -0.340. The van der Waals surface area contributed by atoms with Crippen molar-refractivity contribution in [2.45, 2.75) is 19.9 Å². The highest BCUT2D eigenvalue weighted by Gasteiger charge is 2.07. The molecule has 9 heavy (non-hydrogen) atoms. The van der Waals surface area contributed by atoms with Gasteiger partial charge in [0, 0.05) is 19.1 Å². The first-order valence-corrected chi connectivity index (χ1v) is 3.46. The molecular formula is C7H14N2. The van der Waals surface area contributed by atoms with Crippen LogP contribution in [0.2, 0.25) is 0 Å². The van der Waals surface area contributed by atoms with Crippen molar-refractivity contribution in [2.24, 2.45) is 0 Å². The summed E-state index contributed by atoms with van der Waals surface area (Å²) in [7, 11) is 0. The van der Waals surface area contributed by atoms with Crippen LogP contribution in [0.25, 0.3) is 0 Å². The molecule has 0 saturated heterocycles. The van der Waals surface area contributed by atoms with Gasteiger partial charge in [-0.05, 0) is 13.8 Å². The maximum Gasteiger partial charge on any atom is 0.0315 e. The zero-order valence-electron chi connectivity index (χ0n) is 6.09. The fraction of sp³-hybridized carbons (Fsp3) is 0.714. The zero-order chi connectivity index (χ0) is 6.69. The van der Waals surface area contributed by atoms with Gasteiger partial charge in [0.1, 0.15) is 0 Å². The van der Waals surface area contributed by atoms with Crippen molar-refractivity contribution in [3.8, 4) is 0 Å². The summed E-state index contributed by atoms with van der Waals surface area (Å²) in [6.45, 7) is 6.40. The molecule has 1 rings (SSSR count). The number of nitrogens with zero attached hydrogens (tertiary/aromatic N) is 1. The van der Waals surface area contributed by atoms with Gasteiger partial charge in [0.25, 0.3) is 0 Å². The van der Waals surface area contributed by atoms with Crippen molar-refractivity contribution in [1.29, 1.82) is 0 Å². The highest BCUT2D eigenvalue weighted by atomic mass is 15.5. The topological polar surface area (TPSA) is 15.3 Å². The van der Waals surface area contributed by atoms with Crippen LogP contribution in [0.1, 0.15) is 13.8 Å². The number of nitrogens with one attached hydrogen (secondary N) is 1. The van der Waals surface area contributed by atoms with Crippen LogP contribution in [0, 0.1) is 0 Å². The van der Waals surface area contributed by atoms with Crippen LogP contribution in [-0.2, 0) is 0 Å². The average molecular weight is 126 g/mol. The molecule has 1 aliphatic heterocycles. The van der Waals surface area contributed by atoms with Crippen LogP contribution in [-0.4, -0.2) is 24.1 Å². The van der Waals surface area contributed by atoms with E-state index in [1.807, 2.05) is 0 Å². The van der Waals surface area contributed by atoms with Crippen LogP contribution >= 0.6 is 0 Å². The molecule has 2 nitrogen and oxygen atoms in total. The van der Waals surface area contributed by atoms with Gasteiger partial charge in [0.2, 0.25) is 0 Å². The Morgan fingerprint density at radius 2 is 2.22 bits per heavy atom. The average Bonchev–Trinajstić information content (AvgIpc) is 1.90. The molecule has 0 aliphatic carbocycles. The van der Waals surface area contributed by atoms with Crippen LogP contribution in [0.4, 0.5) is 0 Å². The van der Waals surface area contributed by atoms with Crippen molar-refractivity contribution >= 4 is 0 Å². The Morgan fingerprint density at radius 3 is 2.56 bits per heavy atom. The Morgan fingerprint density at radius 1 is 1.44 bits per heavy atom. The van der Waals surface area contributed by atoms with E-state index in [-0.39, 0.29) is 0 Å². The number of hydrazine groups is 1. The van der Waals surface area contributed by atoms with Gasteiger partial charge >= 0.3 is 0 Å². The Balaban J connectivity index is 2.35. The third kappa shape index (κ3) is 1.80. The van der Waals surface area contributed by atoms with Crippen LogP contribution in [0.5, 0.6) is 0 Å². The van der Waals surface area contributed by atoms with Gasteiger partial charge in [-0.1, -0.05) is 12.2 Å². The molecular weight excluding hydrogens is 112 g/mol. The van der Waals surface area contributed by atoms with Gasteiger partial charge < -0.3 is 0 Å². The lowest BCUT2D eigenvalue weighted by atomic mass is 10.3. The summed E-state index contributed by atoms with van der Waals surface area (Å²) in [6, 6.07) is 0.606. The minimum absolute atomic E-state index is 0.606. The monoisotopic (exact) mass is 126 g/mol. The first-order valence-electron chi connectivity index (χ1n) is 3.46. The van der Waals surface area contributed by atoms with E-state index in [4.69, 9.17) is 0 Å². The summed E-state index contributed by atoms with van der Waals surface area (Å²) in [6.07, 6.45) is 4.34. The van der Waals surface area contributed by atoms with E-state index in [0.29, 0.717) is 6.04 Å². The van der Waals surface area contributed by atoms with Crippen molar-refractivity contribution in [1.82, 2.24) is 10.4 Å². The maximum absolute atomic E-state index is 3.27. The molecule has 0 bridgehead atoms. The van der Waals surface area contributed by atoms with E-state index in [1.165, 1.54) is 0 Å². The predicted molar refractivity (Wildman–Crippen MR) is 39.0 cm³/mol. The minimum atomic E-state index is 0.606. The summed E-state index contributed by atoms with van der Waals surface area (Å²) in [4.78, 5) is 0. The summed E-state index contributed by atoms with van der Waals surface area (Å²) in [5.41, 5.74) is 3.27. The van der Waals surface area contributed by atoms with Gasteiger partial charge in [0.15, 0.2) is 0 Å². The second-order valence-electron chi connectivity index (χ2n) is 2.58. The second-order valence-corrected chi connectivity index (χ2v) is 2.58. The van der Waals surface area contributed by atoms with Gasteiger partial charge in [-0.3, -0.25) is 5.43 Å². The lowest BCUT2D eigenvalue weighted by molar-refractivity contribution is 0.164. The molecule has 0 spiro atoms. The molecule has 1 N–H and O–H groups in total. The quantitative estimate of drug-likeness (QED) is 0.522. The fourth-order valence-corrected chi connectivity index (χ4v) is 0.899. The largest absolute Gasteiger partial charge is 0.251 e. The van der Waals surface area contributed by atoms with E-state index in [0.717, 1.165) is 13.1 Å². The lowest BCUT2D eigenvalue weighted by Gasteiger charge is -2.27. The van der Waals surface area contributed by atoms with Crippen molar-refractivity contribution in [3.63, 3.8) is 0 Å². The standard InChI is InChI=1S/C7H14N2/c1-7(2)9-6-4-3-5-8-9/h3-4,7-8H,5-6H2,1-2H3. The predicted octanol–water partition coefficient (Wildman–Crippen LogP) is 0.771. The number of rotatable bonds is 1. The molecule has 0 atom stereocenters. The Bertz CT molecular complexity index is 107. The number of hydrogen-bond acceptors (Lipinski definition) is 2. The lowest BCUT2D eigenvalue weighted by Crippen LogP contribution is -2.45. The van der Waals surface area contributed by atoms with Crippen LogP contribution in [0.15, 0.2) is 12.2 Å². The first kappa shape index (κ1) is 6.78. The molecule has 0 amide bonds. The van der Waals surface area contributed by atoms with Crippen LogP contribution in [0.3, 0.4) is 0 Å². The third-order valence-corrected chi connectivity index (χ3v) is 1.50. The van der Waals surface area contributed by atoms with E-state index in [1.54, 1.807) is 0 Å². The normalized spacial score (nSPS) is 21.2. The SMILES string of the molecule is CC(C)N1CC=CCN1.